The SMILES string of the molecule is CCCN(CC(=O)N(CCc1c[nH]c2ccccc12)Cc1ccccc1)C(=O)c1ccc([N+](=O)[O-])cc1. The summed E-state index contributed by atoms with van der Waals surface area (Å²) in [5.74, 6) is -0.464. The van der Waals surface area contributed by atoms with Gasteiger partial charge in [-0.25, -0.2) is 0 Å². The van der Waals surface area contributed by atoms with Gasteiger partial charge in [-0.15, -0.1) is 0 Å². The van der Waals surface area contributed by atoms with E-state index in [9.17, 15) is 19.7 Å². The maximum absolute atomic E-state index is 13.6. The van der Waals surface area contributed by atoms with Crippen LogP contribution in [0.5, 0.6) is 0 Å². The van der Waals surface area contributed by atoms with E-state index in [2.05, 4.69) is 11.1 Å². The Morgan fingerprint density at radius 3 is 2.30 bits per heavy atom. The van der Waals surface area contributed by atoms with Crippen LogP contribution in [0.1, 0.15) is 34.8 Å². The molecule has 8 nitrogen and oxygen atoms in total. The molecule has 4 aromatic rings. The average molecular weight is 499 g/mol. The lowest BCUT2D eigenvalue weighted by molar-refractivity contribution is -0.384. The number of fused-ring (bicyclic) bond motifs is 1. The standard InChI is InChI=1S/C29H30N4O4/c1-2-17-32(29(35)23-12-14-25(15-13-23)33(36)37)21-28(34)31(20-22-8-4-3-5-9-22)18-16-24-19-30-27-11-7-6-10-26(24)27/h3-15,19,30H,2,16-18,20-21H2,1H3. The number of amides is 2. The zero-order valence-corrected chi connectivity index (χ0v) is 20.8. The number of para-hydroxylation sites is 1. The Balaban J connectivity index is 1.51. The third-order valence-corrected chi connectivity index (χ3v) is 6.33. The van der Waals surface area contributed by atoms with E-state index >= 15 is 0 Å². The number of carbonyl (C=O) groups excluding carboxylic acids is 2. The van der Waals surface area contributed by atoms with Crippen molar-refractivity contribution in [2.24, 2.45) is 0 Å². The third-order valence-electron chi connectivity index (χ3n) is 6.33. The first kappa shape index (κ1) is 25.6. The molecule has 4 rings (SSSR count). The molecule has 0 aliphatic rings. The molecule has 0 aliphatic carbocycles. The summed E-state index contributed by atoms with van der Waals surface area (Å²) in [7, 11) is 0. The highest BCUT2D eigenvalue weighted by molar-refractivity contribution is 5.96. The zero-order valence-electron chi connectivity index (χ0n) is 20.8. The second kappa shape index (κ2) is 12.0. The number of nitrogens with zero attached hydrogens (tertiary/aromatic N) is 3. The second-order valence-electron chi connectivity index (χ2n) is 8.94. The lowest BCUT2D eigenvalue weighted by Gasteiger charge is -2.28. The molecule has 1 N–H and O–H groups in total. The van der Waals surface area contributed by atoms with Crippen LogP contribution in [0.15, 0.2) is 85.1 Å². The molecular weight excluding hydrogens is 468 g/mol. The maximum Gasteiger partial charge on any atom is 0.269 e. The molecule has 190 valence electrons. The minimum Gasteiger partial charge on any atom is -0.361 e. The van der Waals surface area contributed by atoms with Gasteiger partial charge in [-0.1, -0.05) is 55.5 Å². The monoisotopic (exact) mass is 498 g/mol. The summed E-state index contributed by atoms with van der Waals surface area (Å²) in [5.41, 5.74) is 3.44. The predicted molar refractivity (Wildman–Crippen MR) is 143 cm³/mol. The lowest BCUT2D eigenvalue weighted by atomic mass is 10.1. The van der Waals surface area contributed by atoms with E-state index in [1.165, 1.54) is 29.2 Å². The molecule has 0 saturated carbocycles. The molecule has 0 aliphatic heterocycles. The van der Waals surface area contributed by atoms with Crippen molar-refractivity contribution in [1.82, 2.24) is 14.8 Å². The zero-order chi connectivity index (χ0) is 26.2. The van der Waals surface area contributed by atoms with Crippen LogP contribution in [0.3, 0.4) is 0 Å². The fourth-order valence-electron chi connectivity index (χ4n) is 4.38. The van der Waals surface area contributed by atoms with Crippen molar-refractivity contribution in [1.29, 1.82) is 0 Å². The number of nitrogens with one attached hydrogen (secondary N) is 1. The summed E-state index contributed by atoms with van der Waals surface area (Å²) < 4.78 is 0. The molecule has 37 heavy (non-hydrogen) atoms. The van der Waals surface area contributed by atoms with Gasteiger partial charge in [0.15, 0.2) is 0 Å². The van der Waals surface area contributed by atoms with E-state index in [1.807, 2.05) is 61.7 Å². The van der Waals surface area contributed by atoms with Crippen molar-refractivity contribution in [2.45, 2.75) is 26.3 Å². The molecular formula is C29H30N4O4. The summed E-state index contributed by atoms with van der Waals surface area (Å²) in [4.78, 5) is 43.8. The Hall–Kier alpha value is -4.46. The first-order chi connectivity index (χ1) is 18.0. The molecule has 0 spiro atoms. The Bertz CT molecular complexity index is 1370. The Morgan fingerprint density at radius 1 is 0.892 bits per heavy atom. The molecule has 8 heteroatoms. The number of H-pyrrole nitrogens is 1. The van der Waals surface area contributed by atoms with Gasteiger partial charge in [0.25, 0.3) is 11.6 Å². The van der Waals surface area contributed by atoms with Crippen molar-refractivity contribution in [2.75, 3.05) is 19.6 Å². The van der Waals surface area contributed by atoms with Crippen LogP contribution in [0.25, 0.3) is 10.9 Å². The molecule has 0 bridgehead atoms. The summed E-state index contributed by atoms with van der Waals surface area (Å²) in [5, 5.41) is 12.1. The number of hydrogen-bond acceptors (Lipinski definition) is 4. The molecule has 3 aromatic carbocycles. The Labute approximate surface area is 215 Å². The third kappa shape index (κ3) is 6.41. The van der Waals surface area contributed by atoms with Gasteiger partial charge < -0.3 is 14.8 Å². The van der Waals surface area contributed by atoms with Gasteiger partial charge >= 0.3 is 0 Å². The molecule has 0 atom stereocenters. The number of hydrogen-bond donors (Lipinski definition) is 1. The number of nitro benzene ring substituents is 1. The highest BCUT2D eigenvalue weighted by Gasteiger charge is 2.23. The van der Waals surface area contributed by atoms with E-state index < -0.39 is 4.92 Å². The summed E-state index contributed by atoms with van der Waals surface area (Å²) >= 11 is 0. The fourth-order valence-corrected chi connectivity index (χ4v) is 4.38. The van der Waals surface area contributed by atoms with Gasteiger partial charge in [-0.3, -0.25) is 19.7 Å². The van der Waals surface area contributed by atoms with Gasteiger partial charge in [-0.05, 0) is 42.2 Å². The minimum atomic E-state index is -0.503. The smallest absolute Gasteiger partial charge is 0.269 e. The number of carbonyl (C=O) groups is 2. The number of rotatable bonds is 11. The number of aromatic nitrogens is 1. The van der Waals surface area contributed by atoms with E-state index in [0.717, 1.165) is 22.0 Å². The van der Waals surface area contributed by atoms with Crippen molar-refractivity contribution in [3.05, 3.63) is 112 Å². The van der Waals surface area contributed by atoms with Gasteiger partial charge in [0.2, 0.25) is 5.91 Å². The molecule has 0 saturated heterocycles. The molecule has 0 radical (unpaired) electrons. The number of nitro groups is 1. The van der Waals surface area contributed by atoms with Crippen molar-refractivity contribution >= 4 is 28.4 Å². The van der Waals surface area contributed by atoms with Crippen LogP contribution in [0.4, 0.5) is 5.69 Å². The molecule has 0 fully saturated rings. The van der Waals surface area contributed by atoms with Crippen LogP contribution in [0.2, 0.25) is 0 Å². The van der Waals surface area contributed by atoms with Crippen molar-refractivity contribution in [3.63, 3.8) is 0 Å². The normalized spacial score (nSPS) is 10.8. The molecule has 2 amide bonds. The predicted octanol–water partition coefficient (Wildman–Crippen LogP) is 5.20. The largest absolute Gasteiger partial charge is 0.361 e. The highest BCUT2D eigenvalue weighted by Crippen LogP contribution is 2.19. The molecule has 0 unspecified atom stereocenters. The van der Waals surface area contributed by atoms with Crippen LogP contribution in [-0.4, -0.2) is 51.2 Å². The number of non-ortho nitro benzene ring substituents is 1. The summed E-state index contributed by atoms with van der Waals surface area (Å²) in [6.07, 6.45) is 3.34. The number of aromatic amines is 1. The van der Waals surface area contributed by atoms with Crippen LogP contribution in [-0.2, 0) is 17.8 Å². The van der Waals surface area contributed by atoms with E-state index in [-0.39, 0.29) is 24.0 Å². The van der Waals surface area contributed by atoms with E-state index in [4.69, 9.17) is 0 Å². The summed E-state index contributed by atoms with van der Waals surface area (Å²) in [6, 6.07) is 23.4. The van der Waals surface area contributed by atoms with Gasteiger partial charge in [-0.2, -0.15) is 0 Å². The van der Waals surface area contributed by atoms with Crippen LogP contribution in [0, 0.1) is 10.1 Å². The van der Waals surface area contributed by atoms with Crippen molar-refractivity contribution < 1.29 is 14.5 Å². The Morgan fingerprint density at radius 2 is 1.59 bits per heavy atom. The second-order valence-corrected chi connectivity index (χ2v) is 8.94. The van der Waals surface area contributed by atoms with Gasteiger partial charge in [0.1, 0.15) is 6.54 Å². The lowest BCUT2D eigenvalue weighted by Crippen LogP contribution is -2.43. The number of benzene rings is 3. The van der Waals surface area contributed by atoms with Crippen molar-refractivity contribution in [3.8, 4) is 0 Å². The van der Waals surface area contributed by atoms with Gasteiger partial charge in [0.05, 0.1) is 4.92 Å². The van der Waals surface area contributed by atoms with Crippen LogP contribution >= 0.6 is 0 Å². The highest BCUT2D eigenvalue weighted by atomic mass is 16.6. The Kier molecular flexibility index (Phi) is 8.30. The summed E-state index contributed by atoms with van der Waals surface area (Å²) in [6.45, 7) is 3.22. The molecule has 1 aromatic heterocycles. The first-order valence-corrected chi connectivity index (χ1v) is 12.4. The molecule has 1 heterocycles. The topological polar surface area (TPSA) is 99.6 Å². The minimum absolute atomic E-state index is 0.0651. The van der Waals surface area contributed by atoms with Gasteiger partial charge in [0, 0.05) is 54.4 Å². The van der Waals surface area contributed by atoms with Crippen LogP contribution < -0.4 is 0 Å². The maximum atomic E-state index is 13.6. The fraction of sp³-hybridized carbons (Fsp3) is 0.241. The quantitative estimate of drug-likeness (QED) is 0.227. The average Bonchev–Trinajstić information content (AvgIpc) is 3.34. The van der Waals surface area contributed by atoms with E-state index in [0.29, 0.717) is 38.0 Å². The first-order valence-electron chi connectivity index (χ1n) is 12.4. The van der Waals surface area contributed by atoms with E-state index in [1.54, 1.807) is 4.90 Å².